The van der Waals surface area contributed by atoms with Gasteiger partial charge in [0.05, 0.1) is 22.6 Å². The van der Waals surface area contributed by atoms with Gasteiger partial charge in [0.15, 0.2) is 0 Å². The molecule has 4 rings (SSSR count). The number of amides is 1. The van der Waals surface area contributed by atoms with Crippen LogP contribution in [0.3, 0.4) is 0 Å². The van der Waals surface area contributed by atoms with E-state index in [1.54, 1.807) is 12.1 Å². The molecule has 0 radical (unpaired) electrons. The molecule has 0 aliphatic rings. The zero-order chi connectivity index (χ0) is 20.2. The average molecular weight is 383 g/mol. The van der Waals surface area contributed by atoms with E-state index in [0.29, 0.717) is 23.6 Å². The lowest BCUT2D eigenvalue weighted by Crippen LogP contribution is -2.14. The number of carbonyl (C=O) groups is 1. The lowest BCUT2D eigenvalue weighted by molar-refractivity contribution is 0.100. The van der Waals surface area contributed by atoms with Gasteiger partial charge in [0.1, 0.15) is 5.82 Å². The number of benzene rings is 3. The molecule has 144 valence electrons. The van der Waals surface area contributed by atoms with Crippen LogP contribution >= 0.6 is 0 Å². The van der Waals surface area contributed by atoms with Crippen LogP contribution in [0.2, 0.25) is 0 Å². The van der Waals surface area contributed by atoms with Crippen LogP contribution in [0.15, 0.2) is 84.9 Å². The Bertz CT molecular complexity index is 1150. The number of rotatable bonds is 6. The fourth-order valence-electron chi connectivity index (χ4n) is 3.24. The lowest BCUT2D eigenvalue weighted by atomic mass is 10.1. The highest BCUT2D eigenvalue weighted by Gasteiger charge is 2.16. The number of primary amides is 1. The molecule has 0 saturated heterocycles. The molecule has 5 N–H and O–H groups in total. The number of para-hydroxylation sites is 2. The maximum atomic E-state index is 11.8. The van der Waals surface area contributed by atoms with Crippen LogP contribution in [-0.2, 0) is 6.54 Å². The Hall–Kier alpha value is -3.90. The van der Waals surface area contributed by atoms with Crippen molar-refractivity contribution < 1.29 is 4.79 Å². The molecule has 1 heterocycles. The van der Waals surface area contributed by atoms with Crippen molar-refractivity contribution in [3.05, 3.63) is 96.1 Å². The quantitative estimate of drug-likeness (QED) is 0.471. The number of hydrogen-bond donors (Lipinski definition) is 3. The molecule has 0 bridgehead atoms. The smallest absolute Gasteiger partial charge is 0.250 e. The predicted octanol–water partition coefficient (Wildman–Crippen LogP) is 3.84. The first-order valence-electron chi connectivity index (χ1n) is 9.27. The Morgan fingerprint density at radius 3 is 2.38 bits per heavy atom. The molecule has 0 atom stereocenters. The summed E-state index contributed by atoms with van der Waals surface area (Å²) in [6.45, 7) is 0.383. The van der Waals surface area contributed by atoms with E-state index < -0.39 is 5.91 Å². The van der Waals surface area contributed by atoms with Gasteiger partial charge < -0.3 is 16.8 Å². The molecule has 3 aromatic carbocycles. The van der Waals surface area contributed by atoms with E-state index in [1.807, 2.05) is 77.5 Å². The van der Waals surface area contributed by atoms with E-state index in [2.05, 4.69) is 5.32 Å². The number of aromatic nitrogens is 2. The third-order valence-corrected chi connectivity index (χ3v) is 4.67. The van der Waals surface area contributed by atoms with E-state index in [-0.39, 0.29) is 0 Å². The fourth-order valence-corrected chi connectivity index (χ4v) is 3.24. The predicted molar refractivity (Wildman–Crippen MR) is 115 cm³/mol. The van der Waals surface area contributed by atoms with Crippen molar-refractivity contribution in [3.63, 3.8) is 0 Å². The summed E-state index contributed by atoms with van der Waals surface area (Å²) in [7, 11) is 0. The van der Waals surface area contributed by atoms with Crippen LogP contribution in [0.25, 0.3) is 16.9 Å². The number of hydrogen-bond acceptors (Lipinski definition) is 4. The van der Waals surface area contributed by atoms with Crippen LogP contribution in [-0.4, -0.2) is 15.7 Å². The third-order valence-electron chi connectivity index (χ3n) is 4.67. The van der Waals surface area contributed by atoms with Crippen molar-refractivity contribution in [3.8, 4) is 16.9 Å². The largest absolute Gasteiger partial charge is 0.366 e. The molecule has 0 aliphatic heterocycles. The molecule has 0 fully saturated rings. The van der Waals surface area contributed by atoms with Crippen molar-refractivity contribution in [2.45, 2.75) is 6.54 Å². The highest BCUT2D eigenvalue weighted by atomic mass is 16.1. The molecule has 4 aromatic rings. The summed E-state index contributed by atoms with van der Waals surface area (Å²) in [5, 5.41) is 8.13. The summed E-state index contributed by atoms with van der Waals surface area (Å²) in [6, 6.07) is 26.8. The summed E-state index contributed by atoms with van der Waals surface area (Å²) in [5.41, 5.74) is 16.1. The van der Waals surface area contributed by atoms with Crippen molar-refractivity contribution in [2.75, 3.05) is 5.32 Å². The molecule has 0 spiro atoms. The molecule has 1 aromatic heterocycles. The summed E-state index contributed by atoms with van der Waals surface area (Å²) >= 11 is 0. The minimum atomic E-state index is -0.496. The van der Waals surface area contributed by atoms with E-state index >= 15 is 0 Å². The third kappa shape index (κ3) is 3.74. The second kappa shape index (κ2) is 8.00. The van der Waals surface area contributed by atoms with Crippen LogP contribution < -0.4 is 16.8 Å². The van der Waals surface area contributed by atoms with Gasteiger partial charge in [0, 0.05) is 18.2 Å². The van der Waals surface area contributed by atoms with Gasteiger partial charge in [0.25, 0.3) is 5.91 Å². The van der Waals surface area contributed by atoms with Crippen molar-refractivity contribution in [2.24, 2.45) is 11.5 Å². The molecule has 6 heteroatoms. The van der Waals surface area contributed by atoms with Gasteiger partial charge in [-0.1, -0.05) is 60.7 Å². The molecule has 6 nitrogen and oxygen atoms in total. The Kier molecular flexibility index (Phi) is 5.09. The number of nitrogens with zero attached hydrogens (tertiary/aromatic N) is 2. The maximum absolute atomic E-state index is 11.8. The second-order valence-corrected chi connectivity index (χ2v) is 6.56. The van der Waals surface area contributed by atoms with Gasteiger partial charge in [-0.3, -0.25) is 4.79 Å². The highest BCUT2D eigenvalue weighted by molar-refractivity contribution is 5.99. The first-order valence-corrected chi connectivity index (χ1v) is 9.27. The van der Waals surface area contributed by atoms with Gasteiger partial charge in [-0.15, -0.1) is 0 Å². The SMILES string of the molecule is NCc1ccccc1-n1nc(-c2ccccc2)cc1Nc1ccccc1C(N)=O. The minimum absolute atomic E-state index is 0.383. The summed E-state index contributed by atoms with van der Waals surface area (Å²) < 4.78 is 1.81. The summed E-state index contributed by atoms with van der Waals surface area (Å²) in [4.78, 5) is 11.8. The zero-order valence-corrected chi connectivity index (χ0v) is 15.7. The van der Waals surface area contributed by atoms with Gasteiger partial charge in [-0.2, -0.15) is 5.10 Å². The Balaban J connectivity index is 1.86. The maximum Gasteiger partial charge on any atom is 0.250 e. The summed E-state index contributed by atoms with van der Waals surface area (Å²) in [6.07, 6.45) is 0. The fraction of sp³-hybridized carbons (Fsp3) is 0.0435. The van der Waals surface area contributed by atoms with Crippen molar-refractivity contribution >= 4 is 17.4 Å². The number of carbonyl (C=O) groups excluding carboxylic acids is 1. The second-order valence-electron chi connectivity index (χ2n) is 6.56. The van der Waals surface area contributed by atoms with E-state index in [4.69, 9.17) is 16.6 Å². The van der Waals surface area contributed by atoms with Gasteiger partial charge in [-0.05, 0) is 23.8 Å². The normalized spacial score (nSPS) is 10.7. The van der Waals surface area contributed by atoms with E-state index in [9.17, 15) is 4.79 Å². The standard InChI is InChI=1S/C23H21N5O/c24-15-17-10-4-7-13-21(17)28-22(14-20(27-28)16-8-2-1-3-9-16)26-19-12-6-5-11-18(19)23(25)29/h1-14,26H,15,24H2,(H2,25,29). The molecule has 1 amide bonds. The first-order chi connectivity index (χ1) is 14.2. The number of nitrogens with one attached hydrogen (secondary N) is 1. The zero-order valence-electron chi connectivity index (χ0n) is 15.7. The molecule has 0 saturated carbocycles. The van der Waals surface area contributed by atoms with Crippen LogP contribution in [0, 0.1) is 0 Å². The Labute approximate surface area is 168 Å². The van der Waals surface area contributed by atoms with Gasteiger partial charge >= 0.3 is 0 Å². The Morgan fingerprint density at radius 1 is 0.931 bits per heavy atom. The molecule has 29 heavy (non-hydrogen) atoms. The molecular weight excluding hydrogens is 362 g/mol. The number of nitrogens with two attached hydrogens (primary N) is 2. The topological polar surface area (TPSA) is 99.0 Å². The van der Waals surface area contributed by atoms with Crippen molar-refractivity contribution in [1.29, 1.82) is 0 Å². The van der Waals surface area contributed by atoms with Crippen LogP contribution in [0.4, 0.5) is 11.5 Å². The molecule has 0 unspecified atom stereocenters. The highest BCUT2D eigenvalue weighted by Crippen LogP contribution is 2.29. The van der Waals surface area contributed by atoms with E-state index in [0.717, 1.165) is 22.5 Å². The van der Waals surface area contributed by atoms with Crippen LogP contribution in [0.5, 0.6) is 0 Å². The molecular formula is C23H21N5O. The molecule has 0 aliphatic carbocycles. The van der Waals surface area contributed by atoms with Gasteiger partial charge in [0.2, 0.25) is 0 Å². The monoisotopic (exact) mass is 383 g/mol. The first kappa shape index (κ1) is 18.5. The Morgan fingerprint density at radius 2 is 1.62 bits per heavy atom. The average Bonchev–Trinajstić information content (AvgIpc) is 3.18. The van der Waals surface area contributed by atoms with Crippen molar-refractivity contribution in [1.82, 2.24) is 9.78 Å². The summed E-state index contributed by atoms with van der Waals surface area (Å²) in [5.74, 6) is 0.211. The lowest BCUT2D eigenvalue weighted by Gasteiger charge is -2.14. The minimum Gasteiger partial charge on any atom is -0.366 e. The van der Waals surface area contributed by atoms with Crippen LogP contribution in [0.1, 0.15) is 15.9 Å². The number of anilines is 2. The van der Waals surface area contributed by atoms with Gasteiger partial charge in [-0.25, -0.2) is 4.68 Å². The van der Waals surface area contributed by atoms with E-state index in [1.165, 1.54) is 0 Å².